The van der Waals surface area contributed by atoms with Gasteiger partial charge < -0.3 is 9.64 Å². The molecule has 0 bridgehead atoms. The zero-order valence-electron chi connectivity index (χ0n) is 16.5. The second kappa shape index (κ2) is 8.22. The van der Waals surface area contributed by atoms with E-state index in [1.165, 1.54) is 0 Å². The fourth-order valence-electron chi connectivity index (χ4n) is 3.45. The van der Waals surface area contributed by atoms with Gasteiger partial charge in [-0.15, -0.1) is 0 Å². The molecule has 0 atom stereocenters. The van der Waals surface area contributed by atoms with Crippen molar-refractivity contribution in [3.63, 3.8) is 0 Å². The van der Waals surface area contributed by atoms with Crippen molar-refractivity contribution < 1.29 is 17.9 Å². The average molecular weight is 403 g/mol. The van der Waals surface area contributed by atoms with Crippen LogP contribution in [0.1, 0.15) is 37.3 Å². The Kier molecular flexibility index (Phi) is 5.93. The first-order valence-electron chi connectivity index (χ1n) is 9.46. The topological polar surface area (TPSA) is 75.7 Å². The van der Waals surface area contributed by atoms with Crippen LogP contribution in [0.15, 0.2) is 41.3 Å². The Balaban J connectivity index is 1.86. The highest BCUT2D eigenvalue weighted by Crippen LogP contribution is 2.32. The maximum atomic E-state index is 12.8. The van der Waals surface area contributed by atoms with Crippen LogP contribution < -0.4 is 14.4 Å². The number of hydrogen-bond acceptors (Lipinski definition) is 4. The number of ether oxygens (including phenoxy) is 1. The van der Waals surface area contributed by atoms with Gasteiger partial charge in [0, 0.05) is 24.3 Å². The summed E-state index contributed by atoms with van der Waals surface area (Å²) in [4.78, 5) is 14.3. The van der Waals surface area contributed by atoms with E-state index in [0.29, 0.717) is 36.4 Å². The lowest BCUT2D eigenvalue weighted by molar-refractivity contribution is -0.118. The minimum absolute atomic E-state index is 0.128. The molecule has 0 aliphatic carbocycles. The van der Waals surface area contributed by atoms with Gasteiger partial charge in [0.15, 0.2) is 0 Å². The number of hydrogen-bond donors (Lipinski definition) is 1. The fraction of sp³-hybridized carbons (Fsp3) is 0.381. The molecule has 2 aromatic rings. The summed E-state index contributed by atoms with van der Waals surface area (Å²) in [5.41, 5.74) is 2.98. The van der Waals surface area contributed by atoms with Gasteiger partial charge in [0.25, 0.3) is 10.0 Å². The van der Waals surface area contributed by atoms with Crippen molar-refractivity contribution >= 4 is 27.3 Å². The van der Waals surface area contributed by atoms with Crippen LogP contribution in [0, 0.1) is 6.92 Å². The van der Waals surface area contributed by atoms with E-state index in [-0.39, 0.29) is 10.8 Å². The highest BCUT2D eigenvalue weighted by molar-refractivity contribution is 7.92. The summed E-state index contributed by atoms with van der Waals surface area (Å²) in [5, 5.41) is 0. The molecule has 28 heavy (non-hydrogen) atoms. The van der Waals surface area contributed by atoms with Crippen LogP contribution >= 0.6 is 0 Å². The first-order valence-corrected chi connectivity index (χ1v) is 10.9. The van der Waals surface area contributed by atoms with Crippen LogP contribution in [-0.2, 0) is 21.2 Å². The van der Waals surface area contributed by atoms with Crippen molar-refractivity contribution in [3.8, 4) is 5.75 Å². The molecule has 0 unspecified atom stereocenters. The van der Waals surface area contributed by atoms with Gasteiger partial charge in [0.1, 0.15) is 5.75 Å². The van der Waals surface area contributed by atoms with E-state index < -0.39 is 10.0 Å². The maximum Gasteiger partial charge on any atom is 0.262 e. The number of nitrogens with one attached hydrogen (secondary N) is 1. The monoisotopic (exact) mass is 402 g/mol. The van der Waals surface area contributed by atoms with Crippen molar-refractivity contribution in [1.29, 1.82) is 0 Å². The van der Waals surface area contributed by atoms with E-state index in [0.717, 1.165) is 24.1 Å². The number of aryl methyl sites for hydroxylation is 2. The minimum Gasteiger partial charge on any atom is -0.497 e. The Morgan fingerprint density at radius 3 is 2.61 bits per heavy atom. The molecule has 1 aliphatic heterocycles. The van der Waals surface area contributed by atoms with E-state index in [1.807, 2.05) is 17.0 Å². The molecule has 7 heteroatoms. The highest BCUT2D eigenvalue weighted by atomic mass is 32.2. The van der Waals surface area contributed by atoms with Crippen LogP contribution in [0.4, 0.5) is 11.4 Å². The van der Waals surface area contributed by atoms with Gasteiger partial charge in [-0.3, -0.25) is 9.52 Å². The van der Waals surface area contributed by atoms with Crippen LogP contribution in [0.25, 0.3) is 0 Å². The molecule has 0 spiro atoms. The number of rotatable bonds is 7. The number of carbonyl (C=O) groups excluding carboxylic acids is 1. The molecule has 0 saturated heterocycles. The molecular formula is C21H26N2O4S. The molecule has 0 saturated carbocycles. The van der Waals surface area contributed by atoms with Crippen LogP contribution in [0.3, 0.4) is 0 Å². The number of methoxy groups -OCH3 is 1. The third kappa shape index (κ3) is 4.14. The van der Waals surface area contributed by atoms with Crippen LogP contribution in [0.2, 0.25) is 0 Å². The number of carbonyl (C=O) groups is 1. The van der Waals surface area contributed by atoms with E-state index in [1.54, 1.807) is 38.3 Å². The number of unbranched alkanes of at least 4 members (excludes halogenated alkanes) is 1. The van der Waals surface area contributed by atoms with E-state index in [4.69, 9.17) is 4.74 Å². The zero-order chi connectivity index (χ0) is 20.3. The zero-order valence-corrected chi connectivity index (χ0v) is 17.3. The summed E-state index contributed by atoms with van der Waals surface area (Å²) in [6.07, 6.45) is 3.02. The van der Waals surface area contributed by atoms with Gasteiger partial charge in [0.05, 0.1) is 12.0 Å². The van der Waals surface area contributed by atoms with Crippen molar-refractivity contribution in [2.24, 2.45) is 0 Å². The molecule has 2 aromatic carbocycles. The molecular weight excluding hydrogens is 376 g/mol. The summed E-state index contributed by atoms with van der Waals surface area (Å²) in [6, 6.07) is 10.2. The number of fused-ring (bicyclic) bond motifs is 1. The Bertz CT molecular complexity index is 986. The van der Waals surface area contributed by atoms with Gasteiger partial charge in [-0.05, 0) is 67.3 Å². The first-order chi connectivity index (χ1) is 13.4. The Morgan fingerprint density at radius 1 is 1.14 bits per heavy atom. The van der Waals surface area contributed by atoms with Crippen LogP contribution in [0.5, 0.6) is 5.75 Å². The summed E-state index contributed by atoms with van der Waals surface area (Å²) < 4.78 is 33.5. The molecule has 0 radical (unpaired) electrons. The number of sulfonamides is 1. The predicted octanol–water partition coefficient (Wildman–Crippen LogP) is 3.88. The Labute approximate surface area is 166 Å². The Morgan fingerprint density at radius 2 is 1.93 bits per heavy atom. The van der Waals surface area contributed by atoms with E-state index in [9.17, 15) is 13.2 Å². The molecule has 0 aromatic heterocycles. The summed E-state index contributed by atoms with van der Waals surface area (Å²) in [5.74, 6) is 0.741. The van der Waals surface area contributed by atoms with Gasteiger partial charge in [-0.1, -0.05) is 13.3 Å². The second-order valence-electron chi connectivity index (χ2n) is 6.98. The molecule has 1 amide bonds. The standard InChI is InChI=1S/C21H26N2O4S/c1-4-5-12-23-19-9-7-17(14-16(19)6-11-21(23)24)22-28(25,26)20-10-8-18(27-3)13-15(20)2/h7-10,13-14,22H,4-6,11-12H2,1-3H3. The maximum absolute atomic E-state index is 12.8. The van der Waals surface area contributed by atoms with Crippen molar-refractivity contribution in [2.45, 2.75) is 44.4 Å². The van der Waals surface area contributed by atoms with Gasteiger partial charge in [-0.25, -0.2) is 8.42 Å². The molecule has 3 rings (SSSR count). The molecule has 1 N–H and O–H groups in total. The number of benzene rings is 2. The lowest BCUT2D eigenvalue weighted by Gasteiger charge is -2.30. The summed E-state index contributed by atoms with van der Waals surface area (Å²) in [7, 11) is -2.18. The third-order valence-electron chi connectivity index (χ3n) is 4.94. The highest BCUT2D eigenvalue weighted by Gasteiger charge is 2.25. The van der Waals surface area contributed by atoms with Crippen LogP contribution in [-0.4, -0.2) is 28.0 Å². The lowest BCUT2D eigenvalue weighted by atomic mass is 10.00. The van der Waals surface area contributed by atoms with Gasteiger partial charge >= 0.3 is 0 Å². The third-order valence-corrected chi connectivity index (χ3v) is 6.48. The molecule has 0 fully saturated rings. The smallest absolute Gasteiger partial charge is 0.262 e. The second-order valence-corrected chi connectivity index (χ2v) is 8.63. The van der Waals surface area contributed by atoms with Crippen molar-refractivity contribution in [3.05, 3.63) is 47.5 Å². The number of nitrogens with zero attached hydrogens (tertiary/aromatic N) is 1. The molecule has 6 nitrogen and oxygen atoms in total. The van der Waals surface area contributed by atoms with E-state index >= 15 is 0 Å². The molecule has 1 aliphatic rings. The molecule has 150 valence electrons. The lowest BCUT2D eigenvalue weighted by Crippen LogP contribution is -2.35. The SMILES string of the molecule is CCCCN1C(=O)CCc2cc(NS(=O)(=O)c3ccc(OC)cc3C)ccc21. The number of anilines is 2. The largest absolute Gasteiger partial charge is 0.497 e. The van der Waals surface area contributed by atoms with Gasteiger partial charge in [0.2, 0.25) is 5.91 Å². The normalized spacial score (nSPS) is 14.0. The summed E-state index contributed by atoms with van der Waals surface area (Å²) in [6.45, 7) is 4.52. The van der Waals surface area contributed by atoms with E-state index in [2.05, 4.69) is 11.6 Å². The van der Waals surface area contributed by atoms with Crippen molar-refractivity contribution in [1.82, 2.24) is 0 Å². The number of amides is 1. The fourth-order valence-corrected chi connectivity index (χ4v) is 4.72. The average Bonchev–Trinajstić information content (AvgIpc) is 2.66. The Hall–Kier alpha value is -2.54. The minimum atomic E-state index is -3.72. The predicted molar refractivity (Wildman–Crippen MR) is 111 cm³/mol. The first kappa shape index (κ1) is 20.2. The summed E-state index contributed by atoms with van der Waals surface area (Å²) >= 11 is 0. The van der Waals surface area contributed by atoms with Crippen molar-refractivity contribution in [2.75, 3.05) is 23.3 Å². The van der Waals surface area contributed by atoms with Gasteiger partial charge in [-0.2, -0.15) is 0 Å². The quantitative estimate of drug-likeness (QED) is 0.762. The molecule has 1 heterocycles.